The molecule has 1 aliphatic rings. The van der Waals surface area contributed by atoms with Crippen LogP contribution in [0, 0.1) is 0 Å². The number of fused-ring (bicyclic) bond motifs is 1. The van der Waals surface area contributed by atoms with Crippen molar-refractivity contribution in [2.75, 3.05) is 19.0 Å². The second-order valence-electron chi connectivity index (χ2n) is 4.82. The summed E-state index contributed by atoms with van der Waals surface area (Å²) in [7, 11) is 1.70. The number of methoxy groups -OCH3 is 1. The van der Waals surface area contributed by atoms with Gasteiger partial charge < -0.3 is 10.1 Å². The Morgan fingerprint density at radius 1 is 1.22 bits per heavy atom. The van der Waals surface area contributed by atoms with Crippen LogP contribution in [0.3, 0.4) is 0 Å². The average molecular weight is 249 g/mol. The van der Waals surface area contributed by atoms with Gasteiger partial charge in [-0.1, -0.05) is 6.42 Å². The maximum absolute atomic E-state index is 5.34. The van der Waals surface area contributed by atoms with Crippen LogP contribution in [-0.2, 0) is 17.6 Å². The van der Waals surface area contributed by atoms with Crippen LogP contribution in [-0.4, -0.2) is 23.6 Å². The number of anilines is 1. The van der Waals surface area contributed by atoms with Crippen LogP contribution in [0.25, 0.3) is 0 Å². The fraction of sp³-hybridized carbons (Fsp3) is 0.714. The van der Waals surface area contributed by atoms with E-state index in [1.807, 2.05) is 6.92 Å². The lowest BCUT2D eigenvalue weighted by molar-refractivity contribution is 0.112. The molecule has 100 valence electrons. The van der Waals surface area contributed by atoms with Crippen molar-refractivity contribution in [3.63, 3.8) is 0 Å². The van der Waals surface area contributed by atoms with Crippen LogP contribution in [0.1, 0.15) is 56.3 Å². The van der Waals surface area contributed by atoms with Gasteiger partial charge in [0.05, 0.1) is 0 Å². The van der Waals surface area contributed by atoms with Crippen molar-refractivity contribution < 1.29 is 4.74 Å². The molecule has 0 saturated heterocycles. The summed E-state index contributed by atoms with van der Waals surface area (Å²) < 4.78 is 5.34. The molecule has 0 aliphatic heterocycles. The number of nitrogens with zero attached hydrogens (tertiary/aromatic N) is 2. The summed E-state index contributed by atoms with van der Waals surface area (Å²) >= 11 is 0. The first-order valence-corrected chi connectivity index (χ1v) is 6.92. The van der Waals surface area contributed by atoms with Crippen molar-refractivity contribution in [2.24, 2.45) is 0 Å². The molecule has 4 nitrogen and oxygen atoms in total. The van der Waals surface area contributed by atoms with Gasteiger partial charge in [0.15, 0.2) is 5.82 Å². The maximum Gasteiger partial charge on any atom is 0.159 e. The van der Waals surface area contributed by atoms with E-state index in [2.05, 4.69) is 17.2 Å². The SMILES string of the molecule is CCNc1nc(C(C)OC)nc2c1CCCCC2. The summed E-state index contributed by atoms with van der Waals surface area (Å²) in [6.07, 6.45) is 5.89. The molecule has 0 saturated carbocycles. The van der Waals surface area contributed by atoms with Crippen molar-refractivity contribution in [2.45, 2.75) is 52.1 Å². The standard InChI is InChI=1S/C14H23N3O/c1-4-15-14-11-8-6-5-7-9-12(11)16-13(17-14)10(2)18-3/h10H,4-9H2,1-3H3,(H,15,16,17). The molecule has 1 aliphatic carbocycles. The van der Waals surface area contributed by atoms with E-state index in [1.54, 1.807) is 7.11 Å². The minimum Gasteiger partial charge on any atom is -0.374 e. The van der Waals surface area contributed by atoms with Crippen LogP contribution in [0.2, 0.25) is 0 Å². The first-order valence-electron chi connectivity index (χ1n) is 6.92. The third-order valence-electron chi connectivity index (χ3n) is 3.51. The lowest BCUT2D eigenvalue weighted by Crippen LogP contribution is -2.13. The average Bonchev–Trinajstić information content (AvgIpc) is 2.63. The largest absolute Gasteiger partial charge is 0.374 e. The molecule has 0 aromatic carbocycles. The lowest BCUT2D eigenvalue weighted by atomic mass is 10.1. The highest BCUT2D eigenvalue weighted by Crippen LogP contribution is 2.26. The van der Waals surface area contributed by atoms with Crippen LogP contribution < -0.4 is 5.32 Å². The highest BCUT2D eigenvalue weighted by molar-refractivity contribution is 5.47. The van der Waals surface area contributed by atoms with E-state index >= 15 is 0 Å². The van der Waals surface area contributed by atoms with Gasteiger partial charge in [-0.2, -0.15) is 0 Å². The van der Waals surface area contributed by atoms with Gasteiger partial charge in [-0.3, -0.25) is 0 Å². The molecule has 1 aromatic heterocycles. The first kappa shape index (κ1) is 13.3. The lowest BCUT2D eigenvalue weighted by Gasteiger charge is -2.16. The summed E-state index contributed by atoms with van der Waals surface area (Å²) in [4.78, 5) is 9.35. The molecular formula is C14H23N3O. The number of nitrogens with one attached hydrogen (secondary N) is 1. The number of aromatic nitrogens is 2. The van der Waals surface area contributed by atoms with Crippen LogP contribution in [0.4, 0.5) is 5.82 Å². The Labute approximate surface area is 109 Å². The molecule has 0 fully saturated rings. The van der Waals surface area contributed by atoms with Gasteiger partial charge in [-0.15, -0.1) is 0 Å². The summed E-state index contributed by atoms with van der Waals surface area (Å²) in [5, 5.41) is 3.38. The molecule has 0 spiro atoms. The zero-order chi connectivity index (χ0) is 13.0. The summed E-state index contributed by atoms with van der Waals surface area (Å²) in [5.41, 5.74) is 2.54. The molecule has 2 rings (SSSR count). The zero-order valence-electron chi connectivity index (χ0n) is 11.6. The monoisotopic (exact) mass is 249 g/mol. The molecule has 4 heteroatoms. The Balaban J connectivity index is 2.41. The molecule has 1 unspecified atom stereocenters. The maximum atomic E-state index is 5.34. The number of aryl methyl sites for hydroxylation is 1. The molecular weight excluding hydrogens is 226 g/mol. The highest BCUT2D eigenvalue weighted by Gasteiger charge is 2.18. The molecule has 0 amide bonds. The zero-order valence-corrected chi connectivity index (χ0v) is 11.6. The van der Waals surface area contributed by atoms with E-state index in [9.17, 15) is 0 Å². The fourth-order valence-electron chi connectivity index (χ4n) is 2.39. The van der Waals surface area contributed by atoms with Gasteiger partial charge in [0.1, 0.15) is 11.9 Å². The number of hydrogen-bond donors (Lipinski definition) is 1. The van der Waals surface area contributed by atoms with E-state index in [-0.39, 0.29) is 6.10 Å². The second-order valence-corrected chi connectivity index (χ2v) is 4.82. The Hall–Kier alpha value is -1.16. The van der Waals surface area contributed by atoms with Crippen LogP contribution >= 0.6 is 0 Å². The normalized spacial score (nSPS) is 16.8. The van der Waals surface area contributed by atoms with E-state index in [4.69, 9.17) is 9.72 Å². The van der Waals surface area contributed by atoms with Crippen molar-refractivity contribution in [1.29, 1.82) is 0 Å². The van der Waals surface area contributed by atoms with Gasteiger partial charge in [-0.25, -0.2) is 9.97 Å². The van der Waals surface area contributed by atoms with Crippen molar-refractivity contribution in [1.82, 2.24) is 9.97 Å². The summed E-state index contributed by atoms with van der Waals surface area (Å²) in [6, 6.07) is 0. The van der Waals surface area contributed by atoms with Crippen LogP contribution in [0.5, 0.6) is 0 Å². The number of hydrogen-bond acceptors (Lipinski definition) is 4. The predicted octanol–water partition coefficient (Wildman–Crippen LogP) is 2.88. The number of rotatable bonds is 4. The predicted molar refractivity (Wildman–Crippen MR) is 72.9 cm³/mol. The van der Waals surface area contributed by atoms with E-state index < -0.39 is 0 Å². The number of ether oxygens (including phenoxy) is 1. The van der Waals surface area contributed by atoms with Crippen molar-refractivity contribution in [3.05, 3.63) is 17.1 Å². The molecule has 1 aromatic rings. The third-order valence-corrected chi connectivity index (χ3v) is 3.51. The second kappa shape index (κ2) is 6.14. The molecule has 0 radical (unpaired) electrons. The molecule has 0 bridgehead atoms. The van der Waals surface area contributed by atoms with Crippen molar-refractivity contribution >= 4 is 5.82 Å². The smallest absolute Gasteiger partial charge is 0.159 e. The molecule has 1 atom stereocenters. The van der Waals surface area contributed by atoms with Crippen LogP contribution in [0.15, 0.2) is 0 Å². The minimum atomic E-state index is -0.0454. The Bertz CT molecular complexity index is 406. The molecule has 1 heterocycles. The van der Waals surface area contributed by atoms with E-state index in [0.29, 0.717) is 0 Å². The van der Waals surface area contributed by atoms with Gasteiger partial charge in [0, 0.05) is 24.9 Å². The first-order chi connectivity index (χ1) is 8.76. The molecule has 1 N–H and O–H groups in total. The van der Waals surface area contributed by atoms with E-state index in [1.165, 1.54) is 30.5 Å². The van der Waals surface area contributed by atoms with Gasteiger partial charge >= 0.3 is 0 Å². The minimum absolute atomic E-state index is 0.0454. The highest BCUT2D eigenvalue weighted by atomic mass is 16.5. The summed E-state index contributed by atoms with van der Waals surface area (Å²) in [6.45, 7) is 4.99. The third kappa shape index (κ3) is 2.80. The Morgan fingerprint density at radius 3 is 2.72 bits per heavy atom. The van der Waals surface area contributed by atoms with Gasteiger partial charge in [0.2, 0.25) is 0 Å². The quantitative estimate of drug-likeness (QED) is 0.833. The van der Waals surface area contributed by atoms with Crippen molar-refractivity contribution in [3.8, 4) is 0 Å². The fourth-order valence-corrected chi connectivity index (χ4v) is 2.39. The van der Waals surface area contributed by atoms with Gasteiger partial charge in [-0.05, 0) is 39.5 Å². The Kier molecular flexibility index (Phi) is 4.53. The molecule has 18 heavy (non-hydrogen) atoms. The Morgan fingerprint density at radius 2 is 2.00 bits per heavy atom. The summed E-state index contributed by atoms with van der Waals surface area (Å²) in [5.74, 6) is 1.82. The van der Waals surface area contributed by atoms with Gasteiger partial charge in [0.25, 0.3) is 0 Å². The topological polar surface area (TPSA) is 47.0 Å². The van der Waals surface area contributed by atoms with E-state index in [0.717, 1.165) is 31.0 Å².